The fourth-order valence-electron chi connectivity index (χ4n) is 2.28. The smallest absolute Gasteiger partial charge is 0.320 e. The summed E-state index contributed by atoms with van der Waals surface area (Å²) in [6.07, 6.45) is 2.38. The van der Waals surface area contributed by atoms with Gasteiger partial charge in [0.25, 0.3) is 5.56 Å². The molecule has 0 radical (unpaired) electrons. The second-order valence-corrected chi connectivity index (χ2v) is 5.03. The molecule has 0 aliphatic carbocycles. The first-order chi connectivity index (χ1) is 10.5. The lowest BCUT2D eigenvalue weighted by atomic mass is 10.3. The third-order valence-electron chi connectivity index (χ3n) is 3.22. The summed E-state index contributed by atoms with van der Waals surface area (Å²) in [6, 6.07) is 0. The lowest BCUT2D eigenvalue weighted by Crippen LogP contribution is -2.32. The van der Waals surface area contributed by atoms with Gasteiger partial charge in [-0.3, -0.25) is 19.2 Å². The van der Waals surface area contributed by atoms with E-state index >= 15 is 0 Å². The molecule has 0 aliphatic heterocycles. The van der Waals surface area contributed by atoms with Crippen LogP contribution >= 0.6 is 0 Å². The van der Waals surface area contributed by atoms with E-state index in [0.29, 0.717) is 36.6 Å². The molecule has 0 saturated carbocycles. The van der Waals surface area contributed by atoms with Gasteiger partial charge in [0.2, 0.25) is 0 Å². The van der Waals surface area contributed by atoms with Gasteiger partial charge in [0, 0.05) is 7.05 Å². The molecule has 0 fully saturated rings. The summed E-state index contributed by atoms with van der Waals surface area (Å²) in [6.45, 7) is 5.43. The van der Waals surface area contributed by atoms with Crippen molar-refractivity contribution >= 4 is 17.0 Å². The van der Waals surface area contributed by atoms with Gasteiger partial charge >= 0.3 is 5.97 Å². The Morgan fingerprint density at radius 2 is 2.23 bits per heavy atom. The number of hydrogen-bond donors (Lipinski definition) is 1. The van der Waals surface area contributed by atoms with E-state index in [-0.39, 0.29) is 18.1 Å². The largest absolute Gasteiger partial charge is 0.465 e. The van der Waals surface area contributed by atoms with E-state index < -0.39 is 0 Å². The topological polar surface area (TPSA) is 93.1 Å². The van der Waals surface area contributed by atoms with Crippen molar-refractivity contribution in [1.29, 1.82) is 0 Å². The first kappa shape index (κ1) is 16.2. The molecule has 0 aliphatic rings. The van der Waals surface area contributed by atoms with Crippen LogP contribution in [-0.4, -0.2) is 50.3 Å². The number of nitrogens with zero attached hydrogens (tertiary/aromatic N) is 4. The molecule has 22 heavy (non-hydrogen) atoms. The van der Waals surface area contributed by atoms with Gasteiger partial charge < -0.3 is 9.72 Å². The zero-order valence-electron chi connectivity index (χ0n) is 13.1. The molecular formula is C14H21N5O3. The molecule has 0 saturated heterocycles. The standard InChI is InChI=1S/C14H21N5O3/c1-4-6-19(9-12(20)22-5-2)8-11-16-13-10(14(21)17-11)7-15-18(13)3/h7H,4-6,8-9H2,1-3H3,(H,16,17,21). The molecule has 1 N–H and O–H groups in total. The van der Waals surface area contributed by atoms with E-state index in [0.717, 1.165) is 6.42 Å². The van der Waals surface area contributed by atoms with Crippen molar-refractivity contribution in [1.82, 2.24) is 24.6 Å². The number of hydrogen-bond acceptors (Lipinski definition) is 6. The maximum atomic E-state index is 12.0. The Labute approximate surface area is 128 Å². The van der Waals surface area contributed by atoms with E-state index in [1.807, 2.05) is 11.8 Å². The molecular weight excluding hydrogens is 286 g/mol. The summed E-state index contributed by atoms with van der Waals surface area (Å²) in [7, 11) is 1.74. The Morgan fingerprint density at radius 1 is 1.45 bits per heavy atom. The van der Waals surface area contributed by atoms with Gasteiger partial charge in [0.1, 0.15) is 11.2 Å². The van der Waals surface area contributed by atoms with E-state index in [9.17, 15) is 9.59 Å². The Bertz CT molecular complexity index is 706. The van der Waals surface area contributed by atoms with Crippen molar-refractivity contribution in [2.24, 2.45) is 7.05 Å². The van der Waals surface area contributed by atoms with Crippen LogP contribution in [0.1, 0.15) is 26.1 Å². The summed E-state index contributed by atoms with van der Waals surface area (Å²) in [5.74, 6) is 0.235. The highest BCUT2D eigenvalue weighted by Crippen LogP contribution is 2.06. The number of rotatable bonds is 7. The van der Waals surface area contributed by atoms with Crippen molar-refractivity contribution in [3.63, 3.8) is 0 Å². The molecule has 2 aromatic heterocycles. The Morgan fingerprint density at radius 3 is 2.91 bits per heavy atom. The zero-order valence-corrected chi connectivity index (χ0v) is 13.1. The zero-order chi connectivity index (χ0) is 16.1. The second kappa shape index (κ2) is 7.17. The first-order valence-corrected chi connectivity index (χ1v) is 7.34. The highest BCUT2D eigenvalue weighted by Gasteiger charge is 2.14. The van der Waals surface area contributed by atoms with Crippen molar-refractivity contribution in [2.75, 3.05) is 19.7 Å². The normalized spacial score (nSPS) is 11.3. The number of carbonyl (C=O) groups is 1. The molecule has 2 heterocycles. The first-order valence-electron chi connectivity index (χ1n) is 7.34. The third-order valence-corrected chi connectivity index (χ3v) is 3.22. The van der Waals surface area contributed by atoms with Crippen LogP contribution in [0, 0.1) is 0 Å². The van der Waals surface area contributed by atoms with Crippen molar-refractivity contribution in [3.8, 4) is 0 Å². The van der Waals surface area contributed by atoms with Crippen LogP contribution in [0.3, 0.4) is 0 Å². The maximum Gasteiger partial charge on any atom is 0.320 e. The van der Waals surface area contributed by atoms with Crippen molar-refractivity contribution in [2.45, 2.75) is 26.8 Å². The van der Waals surface area contributed by atoms with Crippen LogP contribution in [0.4, 0.5) is 0 Å². The SMILES string of the molecule is CCCN(CC(=O)OCC)Cc1nc2c(cnn2C)c(=O)[nH]1. The average molecular weight is 307 g/mol. The van der Waals surface area contributed by atoms with E-state index in [1.165, 1.54) is 6.20 Å². The molecule has 0 bridgehead atoms. The number of nitrogens with one attached hydrogen (secondary N) is 1. The second-order valence-electron chi connectivity index (χ2n) is 5.03. The lowest BCUT2D eigenvalue weighted by molar-refractivity contribution is -0.144. The number of esters is 1. The van der Waals surface area contributed by atoms with Crippen LogP contribution in [0.5, 0.6) is 0 Å². The van der Waals surface area contributed by atoms with Gasteiger partial charge in [0.05, 0.1) is 25.9 Å². The molecule has 120 valence electrons. The predicted octanol–water partition coefficient (Wildman–Crippen LogP) is 0.432. The number of fused-ring (bicyclic) bond motifs is 1. The number of aryl methyl sites for hydroxylation is 1. The quantitative estimate of drug-likeness (QED) is 0.746. The number of H-pyrrole nitrogens is 1. The van der Waals surface area contributed by atoms with Gasteiger partial charge in [0.15, 0.2) is 5.65 Å². The van der Waals surface area contributed by atoms with E-state index in [2.05, 4.69) is 15.1 Å². The summed E-state index contributed by atoms with van der Waals surface area (Å²) >= 11 is 0. The van der Waals surface area contributed by atoms with Gasteiger partial charge in [-0.05, 0) is 19.9 Å². The van der Waals surface area contributed by atoms with Crippen LogP contribution in [0.15, 0.2) is 11.0 Å². The minimum absolute atomic E-state index is 0.175. The molecule has 8 nitrogen and oxygen atoms in total. The number of aromatic amines is 1. The summed E-state index contributed by atoms with van der Waals surface area (Å²) in [4.78, 5) is 32.7. The Hall–Kier alpha value is -2.22. The van der Waals surface area contributed by atoms with Crippen LogP contribution < -0.4 is 5.56 Å². The Balaban J connectivity index is 2.20. The molecule has 0 aromatic carbocycles. The maximum absolute atomic E-state index is 12.0. The van der Waals surface area contributed by atoms with Crippen LogP contribution in [0.25, 0.3) is 11.0 Å². The van der Waals surface area contributed by atoms with Crippen LogP contribution in [-0.2, 0) is 23.1 Å². The highest BCUT2D eigenvalue weighted by molar-refractivity contribution is 5.73. The predicted molar refractivity (Wildman–Crippen MR) is 81.3 cm³/mol. The fourth-order valence-corrected chi connectivity index (χ4v) is 2.28. The molecule has 0 atom stereocenters. The number of aromatic nitrogens is 4. The molecule has 2 rings (SSSR count). The summed E-state index contributed by atoms with van der Waals surface area (Å²) in [5, 5.41) is 4.49. The minimum atomic E-state index is -0.278. The Kier molecular flexibility index (Phi) is 5.26. The minimum Gasteiger partial charge on any atom is -0.465 e. The van der Waals surface area contributed by atoms with Crippen molar-refractivity contribution in [3.05, 3.63) is 22.4 Å². The summed E-state index contributed by atoms with van der Waals surface area (Å²) in [5.41, 5.74) is 0.312. The van der Waals surface area contributed by atoms with Crippen molar-refractivity contribution < 1.29 is 9.53 Å². The molecule has 0 spiro atoms. The van der Waals surface area contributed by atoms with E-state index in [1.54, 1.807) is 18.7 Å². The molecule has 0 unspecified atom stereocenters. The van der Waals surface area contributed by atoms with Gasteiger partial charge in [-0.25, -0.2) is 4.98 Å². The van der Waals surface area contributed by atoms with E-state index in [4.69, 9.17) is 4.74 Å². The molecule has 8 heteroatoms. The molecule has 0 amide bonds. The lowest BCUT2D eigenvalue weighted by Gasteiger charge is -2.19. The highest BCUT2D eigenvalue weighted by atomic mass is 16.5. The number of carbonyl (C=O) groups excluding carboxylic acids is 1. The van der Waals surface area contributed by atoms with Gasteiger partial charge in [-0.2, -0.15) is 5.10 Å². The summed E-state index contributed by atoms with van der Waals surface area (Å²) < 4.78 is 6.53. The third kappa shape index (κ3) is 3.70. The average Bonchev–Trinajstić information content (AvgIpc) is 2.81. The van der Waals surface area contributed by atoms with Gasteiger partial charge in [-0.15, -0.1) is 0 Å². The monoisotopic (exact) mass is 307 g/mol. The fraction of sp³-hybridized carbons (Fsp3) is 0.571. The van der Waals surface area contributed by atoms with Gasteiger partial charge in [-0.1, -0.05) is 6.92 Å². The van der Waals surface area contributed by atoms with Crippen LogP contribution in [0.2, 0.25) is 0 Å². The molecule has 2 aromatic rings. The number of ether oxygens (including phenoxy) is 1.